The zero-order valence-electron chi connectivity index (χ0n) is 16.5. The summed E-state index contributed by atoms with van der Waals surface area (Å²) in [6.07, 6.45) is 4.79. The number of ether oxygens (including phenoxy) is 2. The molecule has 0 bridgehead atoms. The number of nitrogens with zero attached hydrogens (tertiary/aromatic N) is 3. The van der Waals surface area contributed by atoms with Crippen molar-refractivity contribution in [3.63, 3.8) is 0 Å². The molecule has 0 aliphatic carbocycles. The van der Waals surface area contributed by atoms with E-state index in [4.69, 9.17) is 9.47 Å². The van der Waals surface area contributed by atoms with Gasteiger partial charge in [-0.2, -0.15) is 0 Å². The second kappa shape index (κ2) is 8.73. The molecule has 1 aromatic carbocycles. The molecule has 0 unspecified atom stereocenters. The van der Waals surface area contributed by atoms with Gasteiger partial charge in [-0.15, -0.1) is 0 Å². The predicted molar refractivity (Wildman–Crippen MR) is 104 cm³/mol. The quantitative estimate of drug-likeness (QED) is 0.735. The maximum Gasteiger partial charge on any atom is 0.312 e. The van der Waals surface area contributed by atoms with Gasteiger partial charge in [0.25, 0.3) is 0 Å². The number of aromatic nitrogens is 1. The van der Waals surface area contributed by atoms with Crippen LogP contribution in [0.4, 0.5) is 0 Å². The molecule has 0 atom stereocenters. The third-order valence-corrected chi connectivity index (χ3v) is 5.02. The van der Waals surface area contributed by atoms with Gasteiger partial charge in [0.2, 0.25) is 0 Å². The summed E-state index contributed by atoms with van der Waals surface area (Å²) in [6, 6.07) is 7.64. The van der Waals surface area contributed by atoms with Crippen molar-refractivity contribution < 1.29 is 19.1 Å². The van der Waals surface area contributed by atoms with Crippen molar-refractivity contribution in [3.8, 4) is 11.5 Å². The van der Waals surface area contributed by atoms with E-state index in [1.807, 2.05) is 24.3 Å². The van der Waals surface area contributed by atoms with Gasteiger partial charge in [-0.05, 0) is 53.8 Å². The fourth-order valence-electron chi connectivity index (χ4n) is 3.30. The van der Waals surface area contributed by atoms with Crippen LogP contribution in [0.2, 0.25) is 0 Å². The lowest BCUT2D eigenvalue weighted by Crippen LogP contribution is -2.46. The minimum Gasteiger partial charge on any atom is -0.493 e. The van der Waals surface area contributed by atoms with Crippen molar-refractivity contribution in [2.24, 2.45) is 0 Å². The average Bonchev–Trinajstić information content (AvgIpc) is 2.75. The van der Waals surface area contributed by atoms with E-state index < -0.39 is 11.8 Å². The molecule has 1 aliphatic rings. The van der Waals surface area contributed by atoms with Crippen molar-refractivity contribution in [3.05, 3.63) is 53.3 Å². The summed E-state index contributed by atoms with van der Waals surface area (Å²) in [6.45, 7) is 1.37. The van der Waals surface area contributed by atoms with Crippen LogP contribution < -0.4 is 9.47 Å². The van der Waals surface area contributed by atoms with Crippen LogP contribution in [0.3, 0.4) is 0 Å². The number of carbonyl (C=O) groups excluding carboxylic acids is 2. The third-order valence-electron chi connectivity index (χ3n) is 5.02. The molecule has 2 amide bonds. The van der Waals surface area contributed by atoms with Gasteiger partial charge in [0.05, 0.1) is 14.2 Å². The summed E-state index contributed by atoms with van der Waals surface area (Å²) in [7, 11) is 4.84. The van der Waals surface area contributed by atoms with Crippen LogP contribution in [0.15, 0.2) is 36.7 Å². The third kappa shape index (κ3) is 4.24. The Kier molecular flexibility index (Phi) is 6.13. The molecule has 2 aromatic rings. The van der Waals surface area contributed by atoms with Crippen LogP contribution in [0.1, 0.15) is 16.7 Å². The van der Waals surface area contributed by atoms with Crippen molar-refractivity contribution in [2.45, 2.75) is 19.4 Å². The van der Waals surface area contributed by atoms with Gasteiger partial charge >= 0.3 is 11.8 Å². The Hall–Kier alpha value is -3.09. The Morgan fingerprint density at radius 2 is 1.75 bits per heavy atom. The molecule has 0 N–H and O–H groups in total. The molecule has 3 rings (SSSR count). The Morgan fingerprint density at radius 1 is 1.11 bits per heavy atom. The Labute approximate surface area is 164 Å². The van der Waals surface area contributed by atoms with Crippen molar-refractivity contribution in [2.75, 3.05) is 34.4 Å². The minimum absolute atomic E-state index is 0.387. The first-order chi connectivity index (χ1) is 13.5. The van der Waals surface area contributed by atoms with Gasteiger partial charge in [-0.25, -0.2) is 0 Å². The number of rotatable bonds is 5. The number of benzene rings is 1. The number of pyridine rings is 1. The van der Waals surface area contributed by atoms with Crippen LogP contribution in [0.5, 0.6) is 11.5 Å². The molecular formula is C21H25N3O4. The van der Waals surface area contributed by atoms with Crippen LogP contribution in [-0.4, -0.2) is 61.0 Å². The Bertz CT molecular complexity index is 854. The van der Waals surface area contributed by atoms with Crippen molar-refractivity contribution in [1.82, 2.24) is 14.8 Å². The molecule has 0 saturated carbocycles. The van der Waals surface area contributed by atoms with Crippen LogP contribution in [0.25, 0.3) is 0 Å². The maximum atomic E-state index is 12.7. The molecule has 2 heterocycles. The molecule has 0 saturated heterocycles. The van der Waals surface area contributed by atoms with E-state index in [0.29, 0.717) is 44.0 Å². The summed E-state index contributed by atoms with van der Waals surface area (Å²) in [4.78, 5) is 32.3. The maximum absolute atomic E-state index is 12.7. The number of amides is 2. The normalized spacial score (nSPS) is 12.9. The zero-order chi connectivity index (χ0) is 20.1. The highest BCUT2D eigenvalue weighted by molar-refractivity contribution is 6.34. The highest BCUT2D eigenvalue weighted by atomic mass is 16.5. The summed E-state index contributed by atoms with van der Waals surface area (Å²) in [5, 5.41) is 0. The van der Waals surface area contributed by atoms with Crippen molar-refractivity contribution in [1.29, 1.82) is 0 Å². The standard InChI is InChI=1S/C21H25N3O4/c1-23(10-6-15-4-8-22-9-5-15)20(25)21(26)24-11-7-16-12-18(27-2)19(28-3)13-17(16)14-24/h4-5,8-9,12-13H,6-7,10-11,14H2,1-3H3. The van der Waals surface area contributed by atoms with E-state index in [1.165, 1.54) is 4.90 Å². The topological polar surface area (TPSA) is 72.0 Å². The lowest BCUT2D eigenvalue weighted by Gasteiger charge is -2.30. The van der Waals surface area contributed by atoms with Crippen molar-refractivity contribution >= 4 is 11.8 Å². The fraction of sp³-hybridized carbons (Fsp3) is 0.381. The molecule has 1 aliphatic heterocycles. The van der Waals surface area contributed by atoms with E-state index >= 15 is 0 Å². The Balaban J connectivity index is 1.64. The predicted octanol–water partition coefficient (Wildman–Crippen LogP) is 1.68. The van der Waals surface area contributed by atoms with E-state index in [2.05, 4.69) is 4.98 Å². The van der Waals surface area contributed by atoms with Gasteiger partial charge in [0.15, 0.2) is 11.5 Å². The first-order valence-electron chi connectivity index (χ1n) is 9.20. The average molecular weight is 383 g/mol. The number of likely N-dealkylation sites (N-methyl/N-ethyl adjacent to an activating group) is 1. The van der Waals surface area contributed by atoms with Gasteiger partial charge in [-0.1, -0.05) is 0 Å². The number of methoxy groups -OCH3 is 2. The van der Waals surface area contributed by atoms with Crippen LogP contribution in [0, 0.1) is 0 Å². The molecule has 1 aromatic heterocycles. The van der Waals surface area contributed by atoms with Gasteiger partial charge < -0.3 is 19.3 Å². The van der Waals surface area contributed by atoms with E-state index in [0.717, 1.165) is 16.7 Å². The fourth-order valence-corrected chi connectivity index (χ4v) is 3.30. The first-order valence-corrected chi connectivity index (χ1v) is 9.20. The summed E-state index contributed by atoms with van der Waals surface area (Å²) in [5.41, 5.74) is 3.17. The number of hydrogen-bond acceptors (Lipinski definition) is 5. The van der Waals surface area contributed by atoms with Gasteiger partial charge in [0, 0.05) is 39.1 Å². The van der Waals surface area contributed by atoms with E-state index in [1.54, 1.807) is 38.6 Å². The number of hydrogen-bond donors (Lipinski definition) is 0. The molecule has 7 heteroatoms. The summed E-state index contributed by atoms with van der Waals surface area (Å²) < 4.78 is 10.7. The molecule has 28 heavy (non-hydrogen) atoms. The lowest BCUT2D eigenvalue weighted by atomic mass is 9.98. The van der Waals surface area contributed by atoms with Gasteiger partial charge in [-0.3, -0.25) is 14.6 Å². The second-order valence-electron chi connectivity index (χ2n) is 6.78. The van der Waals surface area contributed by atoms with Gasteiger partial charge in [0.1, 0.15) is 0 Å². The highest BCUT2D eigenvalue weighted by Gasteiger charge is 2.28. The first kappa shape index (κ1) is 19.7. The number of fused-ring (bicyclic) bond motifs is 1. The summed E-state index contributed by atoms with van der Waals surface area (Å²) >= 11 is 0. The van der Waals surface area contributed by atoms with Crippen LogP contribution in [-0.2, 0) is 29.0 Å². The summed E-state index contributed by atoms with van der Waals surface area (Å²) in [5.74, 6) is 0.333. The molecule has 0 radical (unpaired) electrons. The SMILES string of the molecule is COc1cc2c(cc1OC)CN(C(=O)C(=O)N(C)CCc1ccncc1)CC2. The van der Waals surface area contributed by atoms with E-state index in [-0.39, 0.29) is 0 Å². The van der Waals surface area contributed by atoms with Crippen LogP contribution >= 0.6 is 0 Å². The Morgan fingerprint density at radius 3 is 2.39 bits per heavy atom. The molecule has 7 nitrogen and oxygen atoms in total. The van der Waals surface area contributed by atoms with E-state index in [9.17, 15) is 9.59 Å². The zero-order valence-corrected chi connectivity index (χ0v) is 16.5. The largest absolute Gasteiger partial charge is 0.493 e. The number of carbonyl (C=O) groups is 2. The lowest BCUT2D eigenvalue weighted by molar-refractivity contribution is -0.151. The highest BCUT2D eigenvalue weighted by Crippen LogP contribution is 2.33. The second-order valence-corrected chi connectivity index (χ2v) is 6.78. The monoisotopic (exact) mass is 383 g/mol. The molecule has 0 fully saturated rings. The molecule has 0 spiro atoms. The molecule has 148 valence electrons. The smallest absolute Gasteiger partial charge is 0.312 e. The molecular weight excluding hydrogens is 358 g/mol. The minimum atomic E-state index is -0.488.